The van der Waals surface area contributed by atoms with Crippen molar-refractivity contribution in [2.24, 2.45) is 5.92 Å². The number of ether oxygens (including phenoxy) is 2. The second-order valence-corrected chi connectivity index (χ2v) is 6.21. The van der Waals surface area contributed by atoms with Gasteiger partial charge in [-0.05, 0) is 49.8 Å². The summed E-state index contributed by atoms with van der Waals surface area (Å²) in [6.45, 7) is 6.02. The Balaban J connectivity index is 1.82. The molecule has 1 fully saturated rings. The Morgan fingerprint density at radius 3 is 2.76 bits per heavy atom. The first-order valence-corrected chi connectivity index (χ1v) is 8.43. The first-order valence-electron chi connectivity index (χ1n) is 8.43. The lowest BCUT2D eigenvalue weighted by Gasteiger charge is -2.39. The van der Waals surface area contributed by atoms with Crippen molar-refractivity contribution in [3.8, 4) is 5.75 Å². The highest BCUT2D eigenvalue weighted by molar-refractivity contribution is 5.38. The molecule has 0 bridgehead atoms. The summed E-state index contributed by atoms with van der Waals surface area (Å²) in [7, 11) is 0. The summed E-state index contributed by atoms with van der Waals surface area (Å²) in [5, 5.41) is 3.84. The zero-order valence-corrected chi connectivity index (χ0v) is 13.0. The van der Waals surface area contributed by atoms with Gasteiger partial charge in [0.25, 0.3) is 0 Å². The van der Waals surface area contributed by atoms with Crippen molar-refractivity contribution >= 4 is 0 Å². The molecule has 0 amide bonds. The molecule has 3 rings (SSSR count). The van der Waals surface area contributed by atoms with Crippen molar-refractivity contribution in [3.05, 3.63) is 29.8 Å². The van der Waals surface area contributed by atoms with Crippen LogP contribution in [-0.2, 0) is 4.74 Å². The van der Waals surface area contributed by atoms with Gasteiger partial charge in [0, 0.05) is 25.2 Å². The van der Waals surface area contributed by atoms with Gasteiger partial charge in [-0.2, -0.15) is 0 Å². The van der Waals surface area contributed by atoms with Gasteiger partial charge in [-0.15, -0.1) is 0 Å². The maximum absolute atomic E-state index is 5.84. The topological polar surface area (TPSA) is 30.5 Å². The van der Waals surface area contributed by atoms with Gasteiger partial charge >= 0.3 is 0 Å². The molecule has 2 atom stereocenters. The van der Waals surface area contributed by atoms with Crippen LogP contribution in [0, 0.1) is 5.92 Å². The van der Waals surface area contributed by atoms with E-state index >= 15 is 0 Å². The fourth-order valence-corrected chi connectivity index (χ4v) is 3.77. The van der Waals surface area contributed by atoms with E-state index in [0.717, 1.165) is 44.5 Å². The van der Waals surface area contributed by atoms with Crippen molar-refractivity contribution in [3.63, 3.8) is 0 Å². The van der Waals surface area contributed by atoms with Crippen LogP contribution in [0.1, 0.15) is 44.1 Å². The molecule has 21 heavy (non-hydrogen) atoms. The van der Waals surface area contributed by atoms with Crippen LogP contribution in [-0.4, -0.2) is 32.4 Å². The van der Waals surface area contributed by atoms with E-state index < -0.39 is 0 Å². The Kier molecular flexibility index (Phi) is 5.15. The lowest BCUT2D eigenvalue weighted by atomic mass is 9.77. The van der Waals surface area contributed by atoms with Gasteiger partial charge in [0.15, 0.2) is 0 Å². The lowest BCUT2D eigenvalue weighted by molar-refractivity contribution is 0.0472. The maximum atomic E-state index is 5.84. The predicted molar refractivity (Wildman–Crippen MR) is 84.9 cm³/mol. The van der Waals surface area contributed by atoms with E-state index in [1.165, 1.54) is 24.8 Å². The highest BCUT2D eigenvalue weighted by Crippen LogP contribution is 2.39. The second kappa shape index (κ2) is 7.28. The number of hydrogen-bond acceptors (Lipinski definition) is 3. The molecule has 0 aliphatic carbocycles. The summed E-state index contributed by atoms with van der Waals surface area (Å²) < 4.78 is 11.4. The Bertz CT molecular complexity index is 443. The minimum absolute atomic E-state index is 0.555. The Labute approximate surface area is 128 Å². The molecule has 0 spiro atoms. The molecule has 3 heteroatoms. The van der Waals surface area contributed by atoms with Crippen molar-refractivity contribution in [2.75, 3.05) is 26.4 Å². The van der Waals surface area contributed by atoms with Crippen LogP contribution in [0.3, 0.4) is 0 Å². The van der Waals surface area contributed by atoms with Gasteiger partial charge in [-0.3, -0.25) is 0 Å². The zero-order chi connectivity index (χ0) is 14.5. The van der Waals surface area contributed by atoms with Crippen LogP contribution in [0.15, 0.2) is 24.3 Å². The van der Waals surface area contributed by atoms with Gasteiger partial charge in [-0.25, -0.2) is 0 Å². The molecule has 3 nitrogen and oxygen atoms in total. The second-order valence-electron chi connectivity index (χ2n) is 6.21. The molecule has 1 saturated heterocycles. The average molecular weight is 289 g/mol. The van der Waals surface area contributed by atoms with Crippen LogP contribution in [0.5, 0.6) is 5.75 Å². The van der Waals surface area contributed by atoms with Crippen LogP contribution in [0.25, 0.3) is 0 Å². The Hall–Kier alpha value is -1.06. The highest BCUT2D eigenvalue weighted by atomic mass is 16.5. The van der Waals surface area contributed by atoms with Crippen LogP contribution >= 0.6 is 0 Å². The number of nitrogens with one attached hydrogen (secondary N) is 1. The molecule has 2 aliphatic rings. The standard InChI is InChI=1S/C18H27NO2/c1-2-10-19-18(14-7-11-20-12-8-14)16-9-13-21-17-6-4-3-5-15(16)17/h3-6,14,16,18-19H,2,7-13H2,1H3. The summed E-state index contributed by atoms with van der Waals surface area (Å²) in [6, 6.07) is 9.13. The van der Waals surface area contributed by atoms with E-state index in [0.29, 0.717) is 12.0 Å². The van der Waals surface area contributed by atoms with E-state index in [1.807, 2.05) is 0 Å². The van der Waals surface area contributed by atoms with Gasteiger partial charge in [-0.1, -0.05) is 25.1 Å². The van der Waals surface area contributed by atoms with E-state index in [4.69, 9.17) is 9.47 Å². The minimum atomic E-state index is 0.555. The molecule has 2 aliphatic heterocycles. The smallest absolute Gasteiger partial charge is 0.122 e. The molecular formula is C18H27NO2. The van der Waals surface area contributed by atoms with Gasteiger partial charge in [0.1, 0.15) is 5.75 Å². The quantitative estimate of drug-likeness (QED) is 0.901. The monoisotopic (exact) mass is 289 g/mol. The molecule has 0 aromatic heterocycles. The third-order valence-electron chi connectivity index (χ3n) is 4.84. The number of benzene rings is 1. The lowest BCUT2D eigenvalue weighted by Crippen LogP contribution is -2.45. The Morgan fingerprint density at radius 1 is 1.14 bits per heavy atom. The first-order chi connectivity index (χ1) is 10.4. The number of hydrogen-bond donors (Lipinski definition) is 1. The summed E-state index contributed by atoms with van der Waals surface area (Å²) in [5.74, 6) is 2.38. The normalized spacial score (nSPS) is 24.1. The molecule has 116 valence electrons. The molecular weight excluding hydrogens is 262 g/mol. The summed E-state index contributed by atoms with van der Waals surface area (Å²) in [4.78, 5) is 0. The number of fused-ring (bicyclic) bond motifs is 1. The summed E-state index contributed by atoms with van der Waals surface area (Å²) in [6.07, 6.45) is 4.67. The maximum Gasteiger partial charge on any atom is 0.122 e. The number of rotatable bonds is 5. The zero-order valence-electron chi connectivity index (χ0n) is 13.0. The van der Waals surface area contributed by atoms with Crippen LogP contribution in [0.2, 0.25) is 0 Å². The third kappa shape index (κ3) is 3.41. The minimum Gasteiger partial charge on any atom is -0.493 e. The largest absolute Gasteiger partial charge is 0.493 e. The summed E-state index contributed by atoms with van der Waals surface area (Å²) >= 11 is 0. The van der Waals surface area contributed by atoms with Gasteiger partial charge < -0.3 is 14.8 Å². The SMILES string of the molecule is CCCNC(C1CCOCC1)C1CCOc2ccccc21. The summed E-state index contributed by atoms with van der Waals surface area (Å²) in [5.41, 5.74) is 1.39. The van der Waals surface area contributed by atoms with E-state index in [2.05, 4.69) is 36.5 Å². The van der Waals surface area contributed by atoms with Gasteiger partial charge in [0.2, 0.25) is 0 Å². The third-order valence-corrected chi connectivity index (χ3v) is 4.84. The van der Waals surface area contributed by atoms with Crippen molar-refractivity contribution in [1.29, 1.82) is 0 Å². The molecule has 0 saturated carbocycles. The molecule has 2 heterocycles. The molecule has 1 aromatic carbocycles. The van der Waals surface area contributed by atoms with Crippen molar-refractivity contribution in [1.82, 2.24) is 5.32 Å². The molecule has 1 aromatic rings. The van der Waals surface area contributed by atoms with Crippen LogP contribution in [0.4, 0.5) is 0 Å². The van der Waals surface area contributed by atoms with Crippen molar-refractivity contribution < 1.29 is 9.47 Å². The van der Waals surface area contributed by atoms with E-state index in [-0.39, 0.29) is 0 Å². The fraction of sp³-hybridized carbons (Fsp3) is 0.667. The molecule has 0 radical (unpaired) electrons. The van der Waals surface area contributed by atoms with Gasteiger partial charge in [0.05, 0.1) is 6.61 Å². The Morgan fingerprint density at radius 2 is 1.95 bits per heavy atom. The van der Waals surface area contributed by atoms with E-state index in [1.54, 1.807) is 0 Å². The van der Waals surface area contributed by atoms with Crippen molar-refractivity contribution in [2.45, 2.75) is 44.6 Å². The molecule has 1 N–H and O–H groups in total. The number of para-hydroxylation sites is 1. The van der Waals surface area contributed by atoms with Crippen LogP contribution < -0.4 is 10.1 Å². The molecule has 2 unspecified atom stereocenters. The average Bonchev–Trinajstić information content (AvgIpc) is 2.56. The highest BCUT2D eigenvalue weighted by Gasteiger charge is 2.34. The van der Waals surface area contributed by atoms with E-state index in [9.17, 15) is 0 Å². The first kappa shape index (κ1) is 14.9. The fourth-order valence-electron chi connectivity index (χ4n) is 3.77. The predicted octanol–water partition coefficient (Wildman–Crippen LogP) is 3.35.